The van der Waals surface area contributed by atoms with E-state index in [9.17, 15) is 0 Å². The van der Waals surface area contributed by atoms with E-state index in [2.05, 4.69) is 36.8 Å². The lowest BCUT2D eigenvalue weighted by molar-refractivity contribution is 0.439. The molecular formula is C14H17N3O. The Balaban J connectivity index is 2.35. The van der Waals surface area contributed by atoms with Crippen LogP contribution in [0.25, 0.3) is 0 Å². The van der Waals surface area contributed by atoms with Gasteiger partial charge in [0.2, 0.25) is 5.88 Å². The Labute approximate surface area is 107 Å². The largest absolute Gasteiger partial charge is 0.439 e. The summed E-state index contributed by atoms with van der Waals surface area (Å²) in [6.45, 7) is 6.43. The van der Waals surface area contributed by atoms with Crippen LogP contribution >= 0.6 is 0 Å². The normalized spacial score (nSPS) is 11.3. The van der Waals surface area contributed by atoms with E-state index in [-0.39, 0.29) is 5.41 Å². The van der Waals surface area contributed by atoms with Crippen LogP contribution in [0.5, 0.6) is 11.6 Å². The number of para-hydroxylation sites is 1. The van der Waals surface area contributed by atoms with Gasteiger partial charge in [0, 0.05) is 11.6 Å². The van der Waals surface area contributed by atoms with Crippen LogP contribution < -0.4 is 10.5 Å². The van der Waals surface area contributed by atoms with Gasteiger partial charge in [-0.05, 0) is 11.5 Å². The fraction of sp³-hybridized carbons (Fsp3) is 0.286. The Kier molecular flexibility index (Phi) is 3.19. The van der Waals surface area contributed by atoms with E-state index in [4.69, 9.17) is 10.5 Å². The number of nitrogen functional groups attached to an aromatic ring is 1. The van der Waals surface area contributed by atoms with Crippen molar-refractivity contribution in [1.82, 2.24) is 9.97 Å². The smallest absolute Gasteiger partial charge is 0.224 e. The zero-order valence-electron chi connectivity index (χ0n) is 10.8. The van der Waals surface area contributed by atoms with Gasteiger partial charge in [0.15, 0.2) is 0 Å². The topological polar surface area (TPSA) is 61.0 Å². The highest BCUT2D eigenvalue weighted by Crippen LogP contribution is 2.33. The van der Waals surface area contributed by atoms with Crippen LogP contribution in [0.4, 0.5) is 5.82 Å². The van der Waals surface area contributed by atoms with E-state index < -0.39 is 0 Å². The van der Waals surface area contributed by atoms with Gasteiger partial charge in [-0.1, -0.05) is 39.0 Å². The highest BCUT2D eigenvalue weighted by atomic mass is 16.5. The third-order valence-electron chi connectivity index (χ3n) is 2.57. The van der Waals surface area contributed by atoms with Gasteiger partial charge >= 0.3 is 0 Å². The molecule has 0 atom stereocenters. The SMILES string of the molecule is CC(C)(C)c1ccccc1Oc1cc(N)ncn1. The maximum atomic E-state index is 5.79. The minimum atomic E-state index is 0.00910. The molecule has 2 N–H and O–H groups in total. The Morgan fingerprint density at radius 3 is 2.50 bits per heavy atom. The monoisotopic (exact) mass is 243 g/mol. The fourth-order valence-electron chi connectivity index (χ4n) is 1.70. The van der Waals surface area contributed by atoms with E-state index >= 15 is 0 Å². The molecule has 1 heterocycles. The number of nitrogens with zero attached hydrogens (tertiary/aromatic N) is 2. The van der Waals surface area contributed by atoms with Gasteiger partial charge in [0.05, 0.1) is 0 Å². The Bertz CT molecular complexity index is 547. The van der Waals surface area contributed by atoms with Crippen LogP contribution in [0.1, 0.15) is 26.3 Å². The summed E-state index contributed by atoms with van der Waals surface area (Å²) in [4.78, 5) is 7.88. The number of hydrogen-bond donors (Lipinski definition) is 1. The molecule has 0 spiro atoms. The first-order chi connectivity index (χ1) is 8.47. The highest BCUT2D eigenvalue weighted by Gasteiger charge is 2.18. The van der Waals surface area contributed by atoms with Gasteiger partial charge in [0.1, 0.15) is 17.9 Å². The molecule has 4 heteroatoms. The van der Waals surface area contributed by atoms with E-state index in [1.54, 1.807) is 6.07 Å². The molecule has 4 nitrogen and oxygen atoms in total. The van der Waals surface area contributed by atoms with Crippen LogP contribution in [0.15, 0.2) is 36.7 Å². The fourth-order valence-corrected chi connectivity index (χ4v) is 1.70. The summed E-state index contributed by atoms with van der Waals surface area (Å²) in [6, 6.07) is 9.54. The molecule has 1 aromatic heterocycles. The second-order valence-electron chi connectivity index (χ2n) is 5.13. The second kappa shape index (κ2) is 4.64. The lowest BCUT2D eigenvalue weighted by atomic mass is 9.86. The van der Waals surface area contributed by atoms with Gasteiger partial charge < -0.3 is 10.5 Å². The third kappa shape index (κ3) is 2.77. The minimum Gasteiger partial charge on any atom is -0.439 e. The number of anilines is 1. The summed E-state index contributed by atoms with van der Waals surface area (Å²) in [5, 5.41) is 0. The molecule has 1 aromatic carbocycles. The standard InChI is InChI=1S/C14H17N3O/c1-14(2,3)10-6-4-5-7-11(10)18-13-8-12(15)16-9-17-13/h4-9H,1-3H3,(H2,15,16,17). The summed E-state index contributed by atoms with van der Waals surface area (Å²) in [7, 11) is 0. The molecule has 18 heavy (non-hydrogen) atoms. The maximum absolute atomic E-state index is 5.79. The first kappa shape index (κ1) is 12.4. The average molecular weight is 243 g/mol. The molecule has 2 aromatic rings. The highest BCUT2D eigenvalue weighted by molar-refractivity contribution is 5.41. The van der Waals surface area contributed by atoms with Crippen LogP contribution in [-0.2, 0) is 5.41 Å². The number of hydrogen-bond acceptors (Lipinski definition) is 4. The molecule has 0 fully saturated rings. The molecule has 2 rings (SSSR count). The molecule has 0 amide bonds. The van der Waals surface area contributed by atoms with Gasteiger partial charge in [0.25, 0.3) is 0 Å². The van der Waals surface area contributed by atoms with Crippen molar-refractivity contribution in [3.63, 3.8) is 0 Å². The molecule has 0 radical (unpaired) electrons. The Hall–Kier alpha value is -2.10. The van der Waals surface area contributed by atoms with E-state index in [1.807, 2.05) is 18.2 Å². The van der Waals surface area contributed by atoms with Gasteiger partial charge in [-0.2, -0.15) is 0 Å². The molecule has 0 saturated carbocycles. The van der Waals surface area contributed by atoms with Gasteiger partial charge in [-0.3, -0.25) is 0 Å². The number of benzene rings is 1. The van der Waals surface area contributed by atoms with Crippen LogP contribution in [0.3, 0.4) is 0 Å². The Morgan fingerprint density at radius 1 is 1.11 bits per heavy atom. The van der Waals surface area contributed by atoms with E-state index in [0.717, 1.165) is 11.3 Å². The quantitative estimate of drug-likeness (QED) is 0.880. The zero-order valence-corrected chi connectivity index (χ0v) is 10.8. The number of ether oxygens (including phenoxy) is 1. The average Bonchev–Trinajstić information content (AvgIpc) is 2.28. The molecule has 0 aliphatic heterocycles. The lowest BCUT2D eigenvalue weighted by Crippen LogP contribution is -2.12. The Morgan fingerprint density at radius 2 is 1.83 bits per heavy atom. The van der Waals surface area contributed by atoms with Crippen molar-refractivity contribution in [3.8, 4) is 11.6 Å². The molecular weight excluding hydrogens is 226 g/mol. The third-order valence-corrected chi connectivity index (χ3v) is 2.57. The number of nitrogens with two attached hydrogens (primary N) is 1. The first-order valence-electron chi connectivity index (χ1n) is 5.82. The number of rotatable bonds is 2. The van der Waals surface area contributed by atoms with Crippen molar-refractivity contribution < 1.29 is 4.74 Å². The van der Waals surface area contributed by atoms with Crippen molar-refractivity contribution in [2.75, 3.05) is 5.73 Å². The first-order valence-corrected chi connectivity index (χ1v) is 5.82. The summed E-state index contributed by atoms with van der Waals surface area (Å²) in [5.41, 5.74) is 6.74. The van der Waals surface area contributed by atoms with Crippen LogP contribution in [0.2, 0.25) is 0 Å². The van der Waals surface area contributed by atoms with Crippen LogP contribution in [0, 0.1) is 0 Å². The van der Waals surface area contributed by atoms with Crippen molar-refractivity contribution in [3.05, 3.63) is 42.2 Å². The van der Waals surface area contributed by atoms with E-state index in [1.165, 1.54) is 6.33 Å². The molecule has 0 bridgehead atoms. The molecule has 0 unspecified atom stereocenters. The lowest BCUT2D eigenvalue weighted by Gasteiger charge is -2.22. The van der Waals surface area contributed by atoms with Crippen molar-refractivity contribution >= 4 is 5.82 Å². The van der Waals surface area contributed by atoms with Crippen molar-refractivity contribution in [2.45, 2.75) is 26.2 Å². The summed E-state index contributed by atoms with van der Waals surface area (Å²) in [6.07, 6.45) is 1.39. The molecule has 94 valence electrons. The van der Waals surface area contributed by atoms with E-state index in [0.29, 0.717) is 11.7 Å². The van der Waals surface area contributed by atoms with Crippen molar-refractivity contribution in [1.29, 1.82) is 0 Å². The maximum Gasteiger partial charge on any atom is 0.224 e. The summed E-state index contributed by atoms with van der Waals surface area (Å²) in [5.74, 6) is 1.65. The van der Waals surface area contributed by atoms with Crippen LogP contribution in [-0.4, -0.2) is 9.97 Å². The molecule has 0 saturated heterocycles. The second-order valence-corrected chi connectivity index (χ2v) is 5.13. The van der Waals surface area contributed by atoms with Gasteiger partial charge in [-0.25, -0.2) is 9.97 Å². The van der Waals surface area contributed by atoms with Gasteiger partial charge in [-0.15, -0.1) is 0 Å². The molecule has 0 aliphatic rings. The minimum absolute atomic E-state index is 0.00910. The predicted molar refractivity (Wildman–Crippen MR) is 71.7 cm³/mol. The zero-order chi connectivity index (χ0) is 13.2. The summed E-state index contributed by atoms with van der Waals surface area (Å²) >= 11 is 0. The molecule has 0 aliphatic carbocycles. The number of aromatic nitrogens is 2. The predicted octanol–water partition coefficient (Wildman–Crippen LogP) is 3.15. The summed E-state index contributed by atoms with van der Waals surface area (Å²) < 4.78 is 5.79. The van der Waals surface area contributed by atoms with Crippen molar-refractivity contribution in [2.24, 2.45) is 0 Å².